The van der Waals surface area contributed by atoms with Crippen molar-refractivity contribution in [1.82, 2.24) is 29.7 Å². The summed E-state index contributed by atoms with van der Waals surface area (Å²) in [5.41, 5.74) is 6.08. The molecule has 10 nitrogen and oxygen atoms in total. The maximum absolute atomic E-state index is 13.3. The van der Waals surface area contributed by atoms with Crippen molar-refractivity contribution in [3.05, 3.63) is 72.2 Å². The van der Waals surface area contributed by atoms with E-state index in [2.05, 4.69) is 27.4 Å². The second kappa shape index (κ2) is 9.20. The van der Waals surface area contributed by atoms with Gasteiger partial charge < -0.3 is 15.5 Å². The van der Waals surface area contributed by atoms with Crippen LogP contribution in [0.4, 0.5) is 11.6 Å². The first kappa shape index (κ1) is 23.0. The molecule has 2 aliphatic rings. The molecule has 37 heavy (non-hydrogen) atoms. The molecule has 3 aromatic heterocycles. The number of aromatic nitrogens is 5. The molecule has 2 atom stereocenters. The molecule has 0 spiro atoms. The third-order valence-electron chi connectivity index (χ3n) is 7.36. The Balaban J connectivity index is 1.16. The Bertz CT molecular complexity index is 1510. The molecule has 0 saturated heterocycles. The van der Waals surface area contributed by atoms with Gasteiger partial charge in [0, 0.05) is 52.9 Å². The van der Waals surface area contributed by atoms with Crippen LogP contribution in [-0.2, 0) is 11.3 Å². The SMILES string of the molecule is C=CC(=O)Nc1ccc2c(c1)C(=O)N([C@H]1CCC[C@@H](Nc3nc4ccc(-c5cn[nH]c5)c(C)n4n3)C1)C2. The number of hydrogen-bond acceptors (Lipinski definition) is 6. The molecular weight excluding hydrogens is 468 g/mol. The smallest absolute Gasteiger partial charge is 0.254 e. The summed E-state index contributed by atoms with van der Waals surface area (Å²) in [4.78, 5) is 31.6. The van der Waals surface area contributed by atoms with Crippen LogP contribution in [0.3, 0.4) is 0 Å². The monoisotopic (exact) mass is 496 g/mol. The van der Waals surface area contributed by atoms with Crippen molar-refractivity contribution < 1.29 is 9.59 Å². The van der Waals surface area contributed by atoms with Crippen LogP contribution in [0.25, 0.3) is 16.8 Å². The minimum Gasteiger partial charge on any atom is -0.350 e. The number of H-pyrrole nitrogens is 1. The lowest BCUT2D eigenvalue weighted by Crippen LogP contribution is -2.42. The van der Waals surface area contributed by atoms with E-state index in [0.29, 0.717) is 23.7 Å². The van der Waals surface area contributed by atoms with E-state index in [-0.39, 0.29) is 23.9 Å². The Hall–Kier alpha value is -4.47. The molecule has 1 fully saturated rings. The molecule has 1 aliphatic carbocycles. The summed E-state index contributed by atoms with van der Waals surface area (Å²) in [7, 11) is 0. The average Bonchev–Trinajstić information content (AvgIpc) is 3.64. The van der Waals surface area contributed by atoms with Gasteiger partial charge in [0.1, 0.15) is 0 Å². The third-order valence-corrected chi connectivity index (χ3v) is 7.36. The van der Waals surface area contributed by atoms with Crippen LogP contribution in [0, 0.1) is 6.92 Å². The Labute approximate surface area is 213 Å². The number of hydrogen-bond donors (Lipinski definition) is 3. The highest BCUT2D eigenvalue weighted by molar-refractivity contribution is 6.02. The van der Waals surface area contributed by atoms with Gasteiger partial charge in [-0.2, -0.15) is 10.1 Å². The van der Waals surface area contributed by atoms with E-state index in [4.69, 9.17) is 10.1 Å². The van der Waals surface area contributed by atoms with Crippen molar-refractivity contribution in [2.45, 2.75) is 51.2 Å². The third kappa shape index (κ3) is 4.24. The fourth-order valence-corrected chi connectivity index (χ4v) is 5.49. The second-order valence-electron chi connectivity index (χ2n) is 9.68. The molecular formula is C27H28N8O2. The summed E-state index contributed by atoms with van der Waals surface area (Å²) in [5, 5.41) is 17.9. The summed E-state index contributed by atoms with van der Waals surface area (Å²) >= 11 is 0. The lowest BCUT2D eigenvalue weighted by atomic mass is 9.90. The van der Waals surface area contributed by atoms with Gasteiger partial charge in [0.05, 0.1) is 6.20 Å². The predicted octanol–water partition coefficient (Wildman–Crippen LogP) is 3.93. The molecule has 1 aromatic carbocycles. The summed E-state index contributed by atoms with van der Waals surface area (Å²) in [6, 6.07) is 9.81. The van der Waals surface area contributed by atoms with Gasteiger partial charge in [-0.25, -0.2) is 4.52 Å². The molecule has 10 heteroatoms. The number of carbonyl (C=O) groups excluding carboxylic acids is 2. The van der Waals surface area contributed by atoms with E-state index in [1.807, 2.05) is 46.8 Å². The first-order chi connectivity index (χ1) is 18.0. The maximum Gasteiger partial charge on any atom is 0.254 e. The predicted molar refractivity (Wildman–Crippen MR) is 140 cm³/mol. The zero-order valence-electron chi connectivity index (χ0n) is 20.6. The topological polar surface area (TPSA) is 120 Å². The minimum absolute atomic E-state index is 0.0172. The molecule has 1 aliphatic heterocycles. The quantitative estimate of drug-likeness (QED) is 0.348. The highest BCUT2D eigenvalue weighted by Crippen LogP contribution is 2.33. The fraction of sp³-hybridized carbons (Fsp3) is 0.296. The summed E-state index contributed by atoms with van der Waals surface area (Å²) < 4.78 is 1.86. The normalized spacial score (nSPS) is 19.2. The van der Waals surface area contributed by atoms with E-state index in [9.17, 15) is 9.59 Å². The van der Waals surface area contributed by atoms with Crippen LogP contribution in [-0.4, -0.2) is 53.6 Å². The van der Waals surface area contributed by atoms with Crippen LogP contribution < -0.4 is 10.6 Å². The summed E-state index contributed by atoms with van der Waals surface area (Å²) in [6.45, 7) is 6.09. The van der Waals surface area contributed by atoms with Gasteiger partial charge >= 0.3 is 0 Å². The van der Waals surface area contributed by atoms with Gasteiger partial charge in [0.15, 0.2) is 5.65 Å². The number of aryl methyl sites for hydroxylation is 1. The standard InChI is InChI=1S/C27H28N8O2/c1-3-25(36)30-20-8-7-17-15-34(26(37)23(17)12-20)21-6-4-5-19(11-21)31-27-32-24-10-9-22(16(2)35(24)33-27)18-13-28-29-14-18/h3,7-10,12-14,19,21H,1,4-6,11,15H2,2H3,(H,28,29)(H,30,36)(H,31,33)/t19-,21+/m1/s1. The van der Waals surface area contributed by atoms with E-state index in [0.717, 1.165) is 53.7 Å². The number of anilines is 2. The molecule has 2 amide bonds. The Morgan fingerprint density at radius 3 is 2.92 bits per heavy atom. The molecule has 0 radical (unpaired) electrons. The molecule has 3 N–H and O–H groups in total. The van der Waals surface area contributed by atoms with Gasteiger partial charge in [0.25, 0.3) is 5.91 Å². The van der Waals surface area contributed by atoms with E-state index in [1.54, 1.807) is 12.3 Å². The Kier molecular flexibility index (Phi) is 5.71. The molecule has 4 aromatic rings. The van der Waals surface area contributed by atoms with Crippen molar-refractivity contribution in [3.63, 3.8) is 0 Å². The van der Waals surface area contributed by atoms with Crippen molar-refractivity contribution in [2.75, 3.05) is 10.6 Å². The van der Waals surface area contributed by atoms with Crippen molar-refractivity contribution in [1.29, 1.82) is 0 Å². The molecule has 6 rings (SSSR count). The highest BCUT2D eigenvalue weighted by atomic mass is 16.2. The summed E-state index contributed by atoms with van der Waals surface area (Å²) in [5.74, 6) is 0.317. The molecule has 1 saturated carbocycles. The van der Waals surface area contributed by atoms with Gasteiger partial charge in [0.2, 0.25) is 11.9 Å². The van der Waals surface area contributed by atoms with Gasteiger partial charge in [-0.05, 0) is 68.5 Å². The highest BCUT2D eigenvalue weighted by Gasteiger charge is 2.36. The number of rotatable bonds is 6. The zero-order chi connectivity index (χ0) is 25.5. The Morgan fingerprint density at radius 2 is 2.11 bits per heavy atom. The van der Waals surface area contributed by atoms with E-state index < -0.39 is 0 Å². The van der Waals surface area contributed by atoms with Crippen LogP contribution in [0.5, 0.6) is 0 Å². The van der Waals surface area contributed by atoms with Crippen molar-refractivity contribution in [3.8, 4) is 11.1 Å². The van der Waals surface area contributed by atoms with Gasteiger partial charge in [-0.15, -0.1) is 5.10 Å². The molecule has 4 heterocycles. The maximum atomic E-state index is 13.3. The Morgan fingerprint density at radius 1 is 1.22 bits per heavy atom. The average molecular weight is 497 g/mol. The number of benzene rings is 1. The first-order valence-corrected chi connectivity index (χ1v) is 12.5. The molecule has 0 bridgehead atoms. The van der Waals surface area contributed by atoms with Crippen LogP contribution >= 0.6 is 0 Å². The number of aromatic amines is 1. The number of nitrogens with one attached hydrogen (secondary N) is 3. The first-order valence-electron chi connectivity index (χ1n) is 12.5. The second-order valence-corrected chi connectivity index (χ2v) is 9.68. The number of amides is 2. The number of pyridine rings is 1. The van der Waals surface area contributed by atoms with Gasteiger partial charge in [-0.1, -0.05) is 12.6 Å². The minimum atomic E-state index is -0.295. The van der Waals surface area contributed by atoms with E-state index >= 15 is 0 Å². The fourth-order valence-electron chi connectivity index (χ4n) is 5.49. The van der Waals surface area contributed by atoms with Crippen molar-refractivity contribution in [2.24, 2.45) is 0 Å². The van der Waals surface area contributed by atoms with Crippen LogP contribution in [0.2, 0.25) is 0 Å². The van der Waals surface area contributed by atoms with E-state index in [1.165, 1.54) is 6.08 Å². The lowest BCUT2D eigenvalue weighted by Gasteiger charge is -2.35. The van der Waals surface area contributed by atoms with Crippen LogP contribution in [0.15, 0.2) is 55.4 Å². The van der Waals surface area contributed by atoms with Crippen LogP contribution in [0.1, 0.15) is 47.3 Å². The van der Waals surface area contributed by atoms with Crippen molar-refractivity contribution >= 4 is 29.1 Å². The number of nitrogens with zero attached hydrogens (tertiary/aromatic N) is 5. The summed E-state index contributed by atoms with van der Waals surface area (Å²) in [6.07, 6.45) is 8.68. The number of fused-ring (bicyclic) bond motifs is 2. The molecule has 0 unspecified atom stereocenters. The number of carbonyl (C=O) groups is 2. The van der Waals surface area contributed by atoms with Gasteiger partial charge in [-0.3, -0.25) is 14.7 Å². The largest absolute Gasteiger partial charge is 0.350 e. The molecule has 188 valence electrons. The zero-order valence-corrected chi connectivity index (χ0v) is 20.6. The lowest BCUT2D eigenvalue weighted by molar-refractivity contribution is -0.111.